The van der Waals surface area contributed by atoms with E-state index in [1.807, 2.05) is 37.4 Å². The number of ether oxygens (including phenoxy) is 1. The summed E-state index contributed by atoms with van der Waals surface area (Å²) in [4.78, 5) is 22.1. The van der Waals surface area contributed by atoms with Gasteiger partial charge in [0.15, 0.2) is 10.8 Å². The Labute approximate surface area is 180 Å². The molecule has 0 N–H and O–H groups in total. The second-order valence-electron chi connectivity index (χ2n) is 6.79. The molecule has 0 bridgehead atoms. The summed E-state index contributed by atoms with van der Waals surface area (Å²) >= 11 is 1.55. The van der Waals surface area contributed by atoms with E-state index in [0.29, 0.717) is 12.2 Å². The Kier molecular flexibility index (Phi) is 7.60. The third-order valence-corrected chi connectivity index (χ3v) is 5.96. The van der Waals surface area contributed by atoms with Crippen LogP contribution in [0.5, 0.6) is 0 Å². The van der Waals surface area contributed by atoms with Crippen molar-refractivity contribution in [1.82, 2.24) is 19.7 Å². The average Bonchev–Trinajstić information content (AvgIpc) is 3.38. The fourth-order valence-electron chi connectivity index (χ4n) is 3.33. The summed E-state index contributed by atoms with van der Waals surface area (Å²) < 4.78 is 8.28. The van der Waals surface area contributed by atoms with Gasteiger partial charge in [-0.2, -0.15) is 5.10 Å². The molecule has 0 saturated carbocycles. The summed E-state index contributed by atoms with van der Waals surface area (Å²) in [5.41, 5.74) is 1.39. The monoisotopic (exact) mass is 435 g/mol. The van der Waals surface area contributed by atoms with Crippen molar-refractivity contribution in [2.45, 2.75) is 19.9 Å². The number of carbonyl (C=O) groups excluding carboxylic acids is 1. The summed E-state index contributed by atoms with van der Waals surface area (Å²) in [6.45, 7) is 7.80. The number of aryl methyl sites for hydroxylation is 1. The number of carbonyl (C=O) groups is 1. The number of morpholine rings is 1. The molecule has 1 amide bonds. The molecule has 1 fully saturated rings. The van der Waals surface area contributed by atoms with Gasteiger partial charge in [0.05, 0.1) is 23.4 Å². The maximum absolute atomic E-state index is 13.2. The van der Waals surface area contributed by atoms with Crippen LogP contribution in [0.1, 0.15) is 23.8 Å². The predicted octanol–water partition coefficient (Wildman–Crippen LogP) is 3.30. The predicted molar refractivity (Wildman–Crippen MR) is 118 cm³/mol. The Hall–Kier alpha value is -2.00. The van der Waals surface area contributed by atoms with Crippen LogP contribution in [-0.4, -0.2) is 65.0 Å². The number of para-hydroxylation sites is 1. The number of hydrogen-bond acceptors (Lipinski definition) is 6. The zero-order valence-electron chi connectivity index (χ0n) is 16.5. The Balaban J connectivity index is 0.00000240. The highest BCUT2D eigenvalue weighted by atomic mass is 35.5. The van der Waals surface area contributed by atoms with Crippen LogP contribution in [0.2, 0.25) is 0 Å². The molecule has 9 heteroatoms. The number of hydrogen-bond donors (Lipinski definition) is 0. The summed E-state index contributed by atoms with van der Waals surface area (Å²) in [5, 5.41) is 5.14. The normalized spacial score (nSPS) is 14.7. The Bertz CT molecular complexity index is 905. The lowest BCUT2D eigenvalue weighted by atomic mass is 10.3. The zero-order valence-corrected chi connectivity index (χ0v) is 18.1. The van der Waals surface area contributed by atoms with Crippen LogP contribution in [0.4, 0.5) is 5.13 Å². The van der Waals surface area contributed by atoms with Gasteiger partial charge in [0.2, 0.25) is 0 Å². The van der Waals surface area contributed by atoms with Gasteiger partial charge >= 0.3 is 0 Å². The third-order valence-electron chi connectivity index (χ3n) is 4.90. The number of fused-ring (bicyclic) bond motifs is 1. The average molecular weight is 436 g/mol. The smallest absolute Gasteiger partial charge is 0.280 e. The fourth-order valence-corrected chi connectivity index (χ4v) is 4.32. The van der Waals surface area contributed by atoms with Crippen molar-refractivity contribution in [3.05, 3.63) is 42.2 Å². The van der Waals surface area contributed by atoms with E-state index in [2.05, 4.69) is 10.00 Å². The van der Waals surface area contributed by atoms with Crippen LogP contribution in [0.3, 0.4) is 0 Å². The number of benzene rings is 1. The quantitative estimate of drug-likeness (QED) is 0.569. The van der Waals surface area contributed by atoms with E-state index in [9.17, 15) is 4.79 Å². The Morgan fingerprint density at radius 3 is 2.76 bits per heavy atom. The number of anilines is 1. The standard InChI is InChI=1S/C20H25N5O2S.ClH/c1-2-24-11-8-17(22-24)19(26)25(10-5-9-23-12-14-27-15-13-23)20-21-16-6-3-4-7-18(16)28-20;/h3-4,6-8,11H,2,5,9-10,12-15H2,1H3;1H. The molecule has 0 spiro atoms. The summed E-state index contributed by atoms with van der Waals surface area (Å²) in [6, 6.07) is 9.78. The second kappa shape index (κ2) is 10.2. The highest BCUT2D eigenvalue weighted by molar-refractivity contribution is 7.22. The minimum atomic E-state index is -0.0896. The van der Waals surface area contributed by atoms with Crippen molar-refractivity contribution < 1.29 is 9.53 Å². The molecule has 3 aromatic rings. The number of nitrogens with zero attached hydrogens (tertiary/aromatic N) is 5. The molecule has 1 aliphatic rings. The molecule has 7 nitrogen and oxygen atoms in total. The van der Waals surface area contributed by atoms with Gasteiger partial charge in [0.25, 0.3) is 5.91 Å². The molecule has 1 aromatic carbocycles. The van der Waals surface area contributed by atoms with Crippen molar-refractivity contribution >= 4 is 45.0 Å². The van der Waals surface area contributed by atoms with E-state index in [1.165, 1.54) is 0 Å². The Morgan fingerprint density at radius 2 is 2.03 bits per heavy atom. The molecule has 2 aromatic heterocycles. The lowest BCUT2D eigenvalue weighted by Crippen LogP contribution is -2.39. The largest absolute Gasteiger partial charge is 0.379 e. The SMILES string of the molecule is CCn1ccc(C(=O)N(CCCN2CCOCC2)c2nc3ccccc3s2)n1.Cl. The molecule has 0 aliphatic carbocycles. The van der Waals surface area contributed by atoms with E-state index in [-0.39, 0.29) is 18.3 Å². The van der Waals surface area contributed by atoms with Gasteiger partial charge in [-0.25, -0.2) is 4.98 Å². The lowest BCUT2D eigenvalue weighted by molar-refractivity contribution is 0.0376. The van der Waals surface area contributed by atoms with Crippen molar-refractivity contribution in [3.63, 3.8) is 0 Å². The second-order valence-corrected chi connectivity index (χ2v) is 7.79. The third kappa shape index (κ3) is 5.14. The first-order valence-electron chi connectivity index (χ1n) is 9.75. The number of thiazole rings is 1. The first-order valence-corrected chi connectivity index (χ1v) is 10.6. The molecule has 0 unspecified atom stereocenters. The van der Waals surface area contributed by atoms with Gasteiger partial charge in [-0.05, 0) is 31.5 Å². The lowest BCUT2D eigenvalue weighted by Gasteiger charge is -2.27. The highest BCUT2D eigenvalue weighted by Crippen LogP contribution is 2.29. The first-order chi connectivity index (χ1) is 13.7. The molecule has 1 aliphatic heterocycles. The molecule has 3 heterocycles. The molecule has 29 heavy (non-hydrogen) atoms. The molecule has 1 saturated heterocycles. The van der Waals surface area contributed by atoms with Crippen molar-refractivity contribution in [2.24, 2.45) is 0 Å². The van der Waals surface area contributed by atoms with E-state index < -0.39 is 0 Å². The molecular weight excluding hydrogens is 410 g/mol. The molecule has 4 rings (SSSR count). The van der Waals surface area contributed by atoms with Crippen LogP contribution in [0.25, 0.3) is 10.2 Å². The number of amides is 1. The molecule has 156 valence electrons. The van der Waals surface area contributed by atoms with Crippen molar-refractivity contribution in [1.29, 1.82) is 0 Å². The summed E-state index contributed by atoms with van der Waals surface area (Å²) in [6.07, 6.45) is 2.73. The van der Waals surface area contributed by atoms with Crippen LogP contribution in [0.15, 0.2) is 36.5 Å². The highest BCUT2D eigenvalue weighted by Gasteiger charge is 2.23. The van der Waals surface area contributed by atoms with Crippen molar-refractivity contribution in [2.75, 3.05) is 44.3 Å². The summed E-state index contributed by atoms with van der Waals surface area (Å²) in [7, 11) is 0. The topological polar surface area (TPSA) is 63.5 Å². The Morgan fingerprint density at radius 1 is 1.24 bits per heavy atom. The maximum atomic E-state index is 13.2. The maximum Gasteiger partial charge on any atom is 0.280 e. The van der Waals surface area contributed by atoms with Crippen molar-refractivity contribution in [3.8, 4) is 0 Å². The van der Waals surface area contributed by atoms with E-state index in [1.54, 1.807) is 27.0 Å². The van der Waals surface area contributed by atoms with Crippen LogP contribution in [-0.2, 0) is 11.3 Å². The number of aromatic nitrogens is 3. The summed E-state index contributed by atoms with van der Waals surface area (Å²) in [5.74, 6) is -0.0896. The van der Waals surface area contributed by atoms with Gasteiger partial charge in [-0.3, -0.25) is 19.3 Å². The van der Waals surface area contributed by atoms with Gasteiger partial charge in [-0.15, -0.1) is 12.4 Å². The first kappa shape index (κ1) is 21.7. The van der Waals surface area contributed by atoms with E-state index in [4.69, 9.17) is 9.72 Å². The molecule has 0 atom stereocenters. The van der Waals surface area contributed by atoms with Gasteiger partial charge in [-0.1, -0.05) is 23.5 Å². The number of halogens is 1. The fraction of sp³-hybridized carbons (Fsp3) is 0.450. The van der Waals surface area contributed by atoms with Crippen LogP contribution < -0.4 is 4.90 Å². The number of rotatable bonds is 7. The van der Waals surface area contributed by atoms with Crippen LogP contribution >= 0.6 is 23.7 Å². The van der Waals surface area contributed by atoms with E-state index in [0.717, 1.165) is 61.2 Å². The van der Waals surface area contributed by atoms with Crippen LogP contribution in [0, 0.1) is 0 Å². The van der Waals surface area contributed by atoms with Gasteiger partial charge in [0.1, 0.15) is 0 Å². The minimum Gasteiger partial charge on any atom is -0.379 e. The molecular formula is C20H26ClN5O2S. The zero-order chi connectivity index (χ0) is 19.3. The molecule has 0 radical (unpaired) electrons. The minimum absolute atomic E-state index is 0. The van der Waals surface area contributed by atoms with Gasteiger partial charge in [0, 0.05) is 38.9 Å². The van der Waals surface area contributed by atoms with Gasteiger partial charge < -0.3 is 4.74 Å². The van der Waals surface area contributed by atoms with E-state index >= 15 is 0 Å².